The van der Waals surface area contributed by atoms with E-state index in [0.29, 0.717) is 0 Å². The van der Waals surface area contributed by atoms with Crippen molar-refractivity contribution in [2.24, 2.45) is 18.9 Å². The van der Waals surface area contributed by atoms with Crippen LogP contribution in [0.2, 0.25) is 0 Å². The fourth-order valence-electron chi connectivity index (χ4n) is 2.90. The summed E-state index contributed by atoms with van der Waals surface area (Å²) in [5.74, 6) is 2.01. The van der Waals surface area contributed by atoms with Crippen LogP contribution in [0.4, 0.5) is 0 Å². The average Bonchev–Trinajstić information content (AvgIpc) is 2.57. The first kappa shape index (κ1) is 8.48. The summed E-state index contributed by atoms with van der Waals surface area (Å²) in [6.45, 7) is 0.980. The second-order valence-electron chi connectivity index (χ2n) is 4.66. The molecule has 1 heterocycles. The quantitative estimate of drug-likeness (QED) is 0.780. The lowest BCUT2D eigenvalue weighted by atomic mass is 10.2. The molecule has 0 saturated heterocycles. The van der Waals surface area contributed by atoms with Gasteiger partial charge in [-0.25, -0.2) is 4.98 Å². The zero-order chi connectivity index (χ0) is 9.54. The smallest absolute Gasteiger partial charge is 0.0945 e. The van der Waals surface area contributed by atoms with E-state index in [1.165, 1.54) is 25.0 Å². The van der Waals surface area contributed by atoms with Crippen molar-refractivity contribution in [1.29, 1.82) is 0 Å². The van der Waals surface area contributed by atoms with Gasteiger partial charge in [0.1, 0.15) is 0 Å². The van der Waals surface area contributed by atoms with E-state index < -0.39 is 0 Å². The van der Waals surface area contributed by atoms with Crippen molar-refractivity contribution in [2.45, 2.75) is 31.8 Å². The van der Waals surface area contributed by atoms with Crippen LogP contribution in [0.25, 0.3) is 0 Å². The van der Waals surface area contributed by atoms with Crippen molar-refractivity contribution in [3.63, 3.8) is 0 Å². The van der Waals surface area contributed by atoms with Crippen LogP contribution in [0, 0.1) is 11.8 Å². The second-order valence-corrected chi connectivity index (χ2v) is 4.66. The molecule has 1 N–H and O–H groups in total. The molecule has 0 radical (unpaired) electrons. The van der Waals surface area contributed by atoms with Crippen molar-refractivity contribution in [3.8, 4) is 0 Å². The predicted molar refractivity (Wildman–Crippen MR) is 54.7 cm³/mol. The van der Waals surface area contributed by atoms with Crippen molar-refractivity contribution < 1.29 is 0 Å². The van der Waals surface area contributed by atoms with Gasteiger partial charge in [-0.2, -0.15) is 0 Å². The van der Waals surface area contributed by atoms with Crippen LogP contribution in [-0.2, 0) is 13.6 Å². The molecule has 0 aliphatic heterocycles. The third-order valence-electron chi connectivity index (χ3n) is 3.84. The van der Waals surface area contributed by atoms with E-state index in [-0.39, 0.29) is 0 Å². The maximum absolute atomic E-state index is 4.12. The Morgan fingerprint density at radius 2 is 2.29 bits per heavy atom. The monoisotopic (exact) mass is 191 g/mol. The lowest BCUT2D eigenvalue weighted by Gasteiger charge is -2.06. The topological polar surface area (TPSA) is 29.9 Å². The van der Waals surface area contributed by atoms with Gasteiger partial charge in [0, 0.05) is 25.8 Å². The molecule has 2 aliphatic rings. The molecule has 2 saturated carbocycles. The molecule has 3 nitrogen and oxygen atoms in total. The molecule has 3 heteroatoms. The fraction of sp³-hybridized carbons (Fsp3) is 0.727. The average molecular weight is 191 g/mol. The van der Waals surface area contributed by atoms with Gasteiger partial charge in [-0.05, 0) is 24.7 Å². The minimum atomic E-state index is 0.818. The molecule has 2 fully saturated rings. The van der Waals surface area contributed by atoms with Gasteiger partial charge in [-0.1, -0.05) is 6.42 Å². The second kappa shape index (κ2) is 3.09. The first-order valence-corrected chi connectivity index (χ1v) is 5.55. The molecular weight excluding hydrogens is 174 g/mol. The summed E-state index contributed by atoms with van der Waals surface area (Å²) < 4.78 is 2.09. The van der Waals surface area contributed by atoms with Gasteiger partial charge < -0.3 is 9.88 Å². The lowest BCUT2D eigenvalue weighted by Crippen LogP contribution is -2.21. The van der Waals surface area contributed by atoms with E-state index in [1.54, 1.807) is 0 Å². The molecule has 0 spiro atoms. The Kier molecular flexibility index (Phi) is 1.87. The molecular formula is C11H17N3. The highest BCUT2D eigenvalue weighted by atomic mass is 15.1. The van der Waals surface area contributed by atoms with E-state index in [0.717, 1.165) is 24.4 Å². The summed E-state index contributed by atoms with van der Waals surface area (Å²) in [6, 6.07) is 0.818. The molecule has 3 rings (SSSR count). The van der Waals surface area contributed by atoms with E-state index in [4.69, 9.17) is 0 Å². The summed E-state index contributed by atoms with van der Waals surface area (Å²) in [6.07, 6.45) is 8.18. The van der Waals surface area contributed by atoms with E-state index in [9.17, 15) is 0 Å². The normalized spacial score (nSPS) is 34.5. The molecule has 0 bridgehead atoms. The number of aromatic nitrogens is 2. The summed E-state index contributed by atoms with van der Waals surface area (Å²) in [7, 11) is 2.05. The zero-order valence-electron chi connectivity index (χ0n) is 8.61. The van der Waals surface area contributed by atoms with Crippen LogP contribution in [0.5, 0.6) is 0 Å². The van der Waals surface area contributed by atoms with Crippen molar-refractivity contribution >= 4 is 0 Å². The third kappa shape index (κ3) is 1.27. The van der Waals surface area contributed by atoms with Crippen LogP contribution >= 0.6 is 0 Å². The fourth-order valence-corrected chi connectivity index (χ4v) is 2.90. The van der Waals surface area contributed by atoms with Gasteiger partial charge in [-0.15, -0.1) is 0 Å². The van der Waals surface area contributed by atoms with E-state index in [1.807, 2.05) is 12.5 Å². The SMILES string of the molecule is Cn1cncc1CNC1C2CCCC21. The summed E-state index contributed by atoms with van der Waals surface area (Å²) in [5.41, 5.74) is 1.29. The van der Waals surface area contributed by atoms with Gasteiger partial charge in [0.05, 0.1) is 12.0 Å². The Morgan fingerprint density at radius 1 is 1.50 bits per heavy atom. The summed E-state index contributed by atoms with van der Waals surface area (Å²) in [4.78, 5) is 4.12. The zero-order valence-corrected chi connectivity index (χ0v) is 8.61. The minimum Gasteiger partial charge on any atom is -0.337 e. The lowest BCUT2D eigenvalue weighted by molar-refractivity contribution is 0.549. The van der Waals surface area contributed by atoms with E-state index in [2.05, 4.69) is 21.9 Å². The van der Waals surface area contributed by atoms with Crippen LogP contribution in [-0.4, -0.2) is 15.6 Å². The number of imidazole rings is 1. The van der Waals surface area contributed by atoms with Crippen molar-refractivity contribution in [3.05, 3.63) is 18.2 Å². The Labute approximate surface area is 84.5 Å². The maximum atomic E-state index is 4.12. The van der Waals surface area contributed by atoms with Gasteiger partial charge >= 0.3 is 0 Å². The van der Waals surface area contributed by atoms with Gasteiger partial charge in [0.15, 0.2) is 0 Å². The Balaban J connectivity index is 1.54. The number of nitrogens with one attached hydrogen (secondary N) is 1. The molecule has 2 unspecified atom stereocenters. The van der Waals surface area contributed by atoms with Crippen LogP contribution in [0.1, 0.15) is 25.0 Å². The van der Waals surface area contributed by atoms with Gasteiger partial charge in [0.2, 0.25) is 0 Å². The molecule has 1 aromatic rings. The summed E-state index contributed by atoms with van der Waals surface area (Å²) >= 11 is 0. The molecule has 14 heavy (non-hydrogen) atoms. The van der Waals surface area contributed by atoms with Crippen LogP contribution in [0.15, 0.2) is 12.5 Å². The number of aryl methyl sites for hydroxylation is 1. The molecule has 2 atom stereocenters. The highest BCUT2D eigenvalue weighted by Crippen LogP contribution is 2.51. The Morgan fingerprint density at radius 3 is 2.93 bits per heavy atom. The van der Waals surface area contributed by atoms with Crippen molar-refractivity contribution in [1.82, 2.24) is 14.9 Å². The predicted octanol–water partition coefficient (Wildman–Crippen LogP) is 1.31. The highest BCUT2D eigenvalue weighted by Gasteiger charge is 2.51. The Hall–Kier alpha value is -0.830. The largest absolute Gasteiger partial charge is 0.337 e. The maximum Gasteiger partial charge on any atom is 0.0945 e. The molecule has 1 aromatic heterocycles. The number of fused-ring (bicyclic) bond motifs is 1. The first-order valence-electron chi connectivity index (χ1n) is 5.55. The van der Waals surface area contributed by atoms with Gasteiger partial charge in [-0.3, -0.25) is 0 Å². The van der Waals surface area contributed by atoms with Crippen molar-refractivity contribution in [2.75, 3.05) is 0 Å². The molecule has 2 aliphatic carbocycles. The third-order valence-corrected chi connectivity index (χ3v) is 3.84. The van der Waals surface area contributed by atoms with E-state index >= 15 is 0 Å². The minimum absolute atomic E-state index is 0.818. The number of hydrogen-bond donors (Lipinski definition) is 1. The van der Waals surface area contributed by atoms with Gasteiger partial charge in [0.25, 0.3) is 0 Å². The number of hydrogen-bond acceptors (Lipinski definition) is 2. The molecule has 0 aromatic carbocycles. The number of nitrogens with zero attached hydrogens (tertiary/aromatic N) is 2. The van der Waals surface area contributed by atoms with Crippen LogP contribution in [0.3, 0.4) is 0 Å². The first-order chi connectivity index (χ1) is 6.86. The Bertz CT molecular complexity index is 321. The summed E-state index contributed by atoms with van der Waals surface area (Å²) in [5, 5.41) is 3.64. The molecule has 76 valence electrons. The number of rotatable bonds is 3. The van der Waals surface area contributed by atoms with Crippen LogP contribution < -0.4 is 5.32 Å². The molecule has 0 amide bonds. The standard InChI is InChI=1S/C11H17N3/c1-14-7-12-5-8(14)6-13-11-9-3-2-4-10(9)11/h5,7,9-11,13H,2-4,6H2,1H3. The highest BCUT2D eigenvalue weighted by molar-refractivity contribution is 5.08.